The molecular weight excluding hydrogens is 408 g/mol. The van der Waals surface area contributed by atoms with Crippen LogP contribution in [0.4, 0.5) is 0 Å². The standard InChI is InChI=1S/C34H10/c1-5-8-11-14-17-19-20-23-26-32-30-29-31(4)33(27-24-21-16-13-10-7-3)34(32)28-25-22-18-15-12-9-6-2/h1,3,29-30H,2,4H3. The lowest BCUT2D eigenvalue weighted by Crippen LogP contribution is -1.93. The minimum atomic E-state index is 0.597. The van der Waals surface area contributed by atoms with Gasteiger partial charge >= 0.3 is 0 Å². The molecule has 0 unspecified atom stereocenters. The van der Waals surface area contributed by atoms with Crippen LogP contribution in [-0.2, 0) is 0 Å². The van der Waals surface area contributed by atoms with Crippen molar-refractivity contribution in [3.63, 3.8) is 0 Å². The average molecular weight is 418 g/mol. The second kappa shape index (κ2) is 17.4. The van der Waals surface area contributed by atoms with E-state index in [2.05, 4.69) is 142 Å². The topological polar surface area (TPSA) is 0 Å². The SMILES string of the molecule is C#CC#CC#CC#CC#Cc1ccc(C)c(C#CC#CC#CC#C)c1C#CC#CC#CC#CC. The lowest BCUT2D eigenvalue weighted by atomic mass is 9.97. The minimum absolute atomic E-state index is 0.597. The van der Waals surface area contributed by atoms with Crippen molar-refractivity contribution in [2.75, 3.05) is 0 Å². The maximum atomic E-state index is 5.06. The summed E-state index contributed by atoms with van der Waals surface area (Å²) in [5.41, 5.74) is 2.79. The molecule has 1 rings (SSSR count). The third-order valence-corrected chi connectivity index (χ3v) is 3.19. The van der Waals surface area contributed by atoms with Crippen LogP contribution in [0, 0.1) is 162 Å². The molecule has 0 heteroatoms. The van der Waals surface area contributed by atoms with Gasteiger partial charge in [0, 0.05) is 11.1 Å². The van der Waals surface area contributed by atoms with E-state index < -0.39 is 0 Å². The van der Waals surface area contributed by atoms with Gasteiger partial charge in [-0.05, 0) is 144 Å². The molecule has 0 bridgehead atoms. The van der Waals surface area contributed by atoms with Gasteiger partial charge in [0.05, 0.1) is 5.56 Å². The molecule has 0 saturated carbocycles. The van der Waals surface area contributed by atoms with Crippen LogP contribution in [0.15, 0.2) is 12.1 Å². The van der Waals surface area contributed by atoms with E-state index in [0.29, 0.717) is 16.7 Å². The first kappa shape index (κ1) is 25.5. The number of benzene rings is 1. The first-order valence-corrected chi connectivity index (χ1v) is 9.24. The quantitative estimate of drug-likeness (QED) is 0.568. The molecule has 146 valence electrons. The van der Waals surface area contributed by atoms with Gasteiger partial charge in [-0.25, -0.2) is 0 Å². The summed E-state index contributed by atoms with van der Waals surface area (Å²) in [6.07, 6.45) is 10.1. The molecule has 1 aromatic carbocycles. The van der Waals surface area contributed by atoms with Crippen LogP contribution in [0.1, 0.15) is 29.2 Å². The molecule has 1 aromatic rings. The first-order valence-electron chi connectivity index (χ1n) is 9.24. The number of terminal acetylenes is 2. The Kier molecular flexibility index (Phi) is 13.0. The Morgan fingerprint density at radius 2 is 0.882 bits per heavy atom. The fourth-order valence-corrected chi connectivity index (χ4v) is 1.90. The van der Waals surface area contributed by atoms with Gasteiger partial charge in [-0.15, -0.1) is 12.8 Å². The first-order chi connectivity index (χ1) is 16.7. The van der Waals surface area contributed by atoms with Crippen LogP contribution >= 0.6 is 0 Å². The third kappa shape index (κ3) is 10.9. The predicted molar refractivity (Wildman–Crippen MR) is 137 cm³/mol. The van der Waals surface area contributed by atoms with Crippen molar-refractivity contribution in [2.45, 2.75) is 13.8 Å². The summed E-state index contributed by atoms with van der Waals surface area (Å²) in [6, 6.07) is 3.71. The van der Waals surface area contributed by atoms with Crippen molar-refractivity contribution in [1.82, 2.24) is 0 Å². The second-order valence-electron chi connectivity index (χ2n) is 5.34. The van der Waals surface area contributed by atoms with Gasteiger partial charge in [0.25, 0.3) is 0 Å². The maximum absolute atomic E-state index is 5.06. The highest BCUT2D eigenvalue weighted by atomic mass is 14.1. The Hall–Kier alpha value is -6.50. The van der Waals surface area contributed by atoms with Crippen molar-refractivity contribution >= 4 is 0 Å². The van der Waals surface area contributed by atoms with Gasteiger partial charge in [-0.3, -0.25) is 0 Å². The summed E-state index contributed by atoms with van der Waals surface area (Å²) in [4.78, 5) is 0. The normalized spacial score (nSPS) is 5.65. The van der Waals surface area contributed by atoms with E-state index in [9.17, 15) is 0 Å². The lowest BCUT2D eigenvalue weighted by molar-refractivity contribution is 1.40. The average Bonchev–Trinajstić information content (AvgIpc) is 2.84. The molecule has 0 heterocycles. The molecule has 0 atom stereocenters. The number of rotatable bonds is 0. The zero-order valence-electron chi connectivity index (χ0n) is 18.3. The number of hydrogen-bond acceptors (Lipinski definition) is 0. The molecule has 0 spiro atoms. The zero-order chi connectivity index (χ0) is 24.7. The van der Waals surface area contributed by atoms with Crippen LogP contribution in [0.2, 0.25) is 0 Å². The molecule has 34 heavy (non-hydrogen) atoms. The Balaban J connectivity index is 3.51. The Morgan fingerprint density at radius 3 is 1.38 bits per heavy atom. The van der Waals surface area contributed by atoms with Crippen LogP contribution in [0.5, 0.6) is 0 Å². The highest BCUT2D eigenvalue weighted by Gasteiger charge is 2.06. The molecule has 0 aliphatic rings. The van der Waals surface area contributed by atoms with Crippen molar-refractivity contribution in [3.8, 4) is 155 Å². The van der Waals surface area contributed by atoms with Crippen molar-refractivity contribution < 1.29 is 0 Å². The number of hydrogen-bond donors (Lipinski definition) is 0. The molecule has 0 aromatic heterocycles. The highest BCUT2D eigenvalue weighted by Crippen LogP contribution is 2.17. The van der Waals surface area contributed by atoms with Crippen molar-refractivity contribution in [1.29, 1.82) is 0 Å². The van der Waals surface area contributed by atoms with Crippen molar-refractivity contribution in [3.05, 3.63) is 34.4 Å². The number of aryl methyl sites for hydroxylation is 1. The molecule has 0 radical (unpaired) electrons. The molecule has 0 N–H and O–H groups in total. The summed E-state index contributed by atoms with van der Waals surface area (Å²) in [5, 5.41) is 0. The van der Waals surface area contributed by atoms with E-state index >= 15 is 0 Å². The van der Waals surface area contributed by atoms with E-state index in [-0.39, 0.29) is 0 Å². The lowest BCUT2D eigenvalue weighted by Gasteiger charge is -2.04. The molecular formula is C34H10. The monoisotopic (exact) mass is 418 g/mol. The Bertz CT molecular complexity index is 1780. The molecule has 0 fully saturated rings. The van der Waals surface area contributed by atoms with E-state index in [1.165, 1.54) is 0 Å². The fourth-order valence-electron chi connectivity index (χ4n) is 1.90. The summed E-state index contributed by atoms with van der Waals surface area (Å²) >= 11 is 0. The molecule has 0 aliphatic carbocycles. The summed E-state index contributed by atoms with van der Waals surface area (Å²) in [7, 11) is 0. The fraction of sp³-hybridized carbons (Fsp3) is 0.0588. The molecule has 0 saturated heterocycles. The maximum Gasteiger partial charge on any atom is 0.0572 e. The Morgan fingerprint density at radius 1 is 0.471 bits per heavy atom. The summed E-state index contributed by atoms with van der Waals surface area (Å²) in [6.45, 7) is 3.60. The summed E-state index contributed by atoms with van der Waals surface area (Å²) in [5.74, 6) is 62.5. The van der Waals surface area contributed by atoms with Crippen LogP contribution in [0.25, 0.3) is 0 Å². The molecule has 0 nitrogen and oxygen atoms in total. The van der Waals surface area contributed by atoms with Crippen LogP contribution in [-0.4, -0.2) is 0 Å². The van der Waals surface area contributed by atoms with E-state index in [1.54, 1.807) is 6.92 Å². The van der Waals surface area contributed by atoms with Gasteiger partial charge in [-0.1, -0.05) is 29.7 Å². The van der Waals surface area contributed by atoms with Crippen molar-refractivity contribution in [2.24, 2.45) is 0 Å². The van der Waals surface area contributed by atoms with Gasteiger partial charge in [-0.2, -0.15) is 0 Å². The minimum Gasteiger partial charge on any atom is -0.106 e. The summed E-state index contributed by atoms with van der Waals surface area (Å²) < 4.78 is 0. The van der Waals surface area contributed by atoms with Crippen LogP contribution in [0.3, 0.4) is 0 Å². The third-order valence-electron chi connectivity index (χ3n) is 3.19. The van der Waals surface area contributed by atoms with E-state index in [0.717, 1.165) is 5.56 Å². The largest absolute Gasteiger partial charge is 0.106 e. The zero-order valence-corrected chi connectivity index (χ0v) is 18.3. The van der Waals surface area contributed by atoms with Crippen LogP contribution < -0.4 is 0 Å². The predicted octanol–water partition coefficient (Wildman–Crippen LogP) is 2.36. The van der Waals surface area contributed by atoms with Gasteiger partial charge in [0.2, 0.25) is 0 Å². The second-order valence-corrected chi connectivity index (χ2v) is 5.34. The molecule has 0 amide bonds. The van der Waals surface area contributed by atoms with E-state index in [4.69, 9.17) is 12.8 Å². The molecule has 0 aliphatic heterocycles. The highest BCUT2D eigenvalue weighted by molar-refractivity contribution is 5.64. The van der Waals surface area contributed by atoms with E-state index in [1.807, 2.05) is 19.1 Å². The van der Waals surface area contributed by atoms with Gasteiger partial charge in [0.15, 0.2) is 0 Å². The Labute approximate surface area is 203 Å². The van der Waals surface area contributed by atoms with Gasteiger partial charge < -0.3 is 0 Å². The van der Waals surface area contributed by atoms with Gasteiger partial charge in [0.1, 0.15) is 0 Å². The smallest absolute Gasteiger partial charge is 0.0572 e.